The van der Waals surface area contributed by atoms with Gasteiger partial charge in [0.05, 0.1) is 5.56 Å². The van der Waals surface area contributed by atoms with Crippen LogP contribution in [0.4, 0.5) is 19.0 Å². The third kappa shape index (κ3) is 2.55. The summed E-state index contributed by atoms with van der Waals surface area (Å²) in [5.74, 6) is -4.87. The minimum Gasteiger partial charge on any atom is -0.478 e. The van der Waals surface area contributed by atoms with Gasteiger partial charge in [-0.05, 0) is 6.07 Å². The van der Waals surface area contributed by atoms with Crippen LogP contribution in [0.2, 0.25) is 0 Å². The standard InChI is InChI=1S/C11H11F3N2O2/c12-8-5-7(10(17)18)6-15-9(8)16-3-1-11(13,14)2-4-16/h5-6H,1-4H2,(H,17,18). The molecular formula is C11H11F3N2O2. The van der Waals surface area contributed by atoms with E-state index in [1.54, 1.807) is 0 Å². The van der Waals surface area contributed by atoms with E-state index in [-0.39, 0.29) is 37.3 Å². The molecule has 2 heterocycles. The van der Waals surface area contributed by atoms with E-state index in [0.717, 1.165) is 12.3 Å². The Morgan fingerprint density at radius 1 is 1.39 bits per heavy atom. The minimum absolute atomic E-state index is 0.00331. The van der Waals surface area contributed by atoms with Crippen molar-refractivity contribution in [1.82, 2.24) is 4.98 Å². The van der Waals surface area contributed by atoms with Crippen molar-refractivity contribution in [3.63, 3.8) is 0 Å². The number of alkyl halides is 2. The quantitative estimate of drug-likeness (QED) is 0.885. The Balaban J connectivity index is 2.17. The number of halogens is 3. The molecule has 0 radical (unpaired) electrons. The predicted molar refractivity (Wildman–Crippen MR) is 57.5 cm³/mol. The highest BCUT2D eigenvalue weighted by molar-refractivity contribution is 5.87. The molecule has 7 heteroatoms. The van der Waals surface area contributed by atoms with Crippen molar-refractivity contribution in [3.05, 3.63) is 23.6 Å². The zero-order chi connectivity index (χ0) is 13.3. The zero-order valence-corrected chi connectivity index (χ0v) is 9.37. The lowest BCUT2D eigenvalue weighted by Crippen LogP contribution is -2.40. The number of carboxylic acid groups (broad SMARTS) is 1. The molecule has 1 aliphatic heterocycles. The van der Waals surface area contributed by atoms with Gasteiger partial charge in [0.2, 0.25) is 0 Å². The van der Waals surface area contributed by atoms with Gasteiger partial charge in [-0.15, -0.1) is 0 Å². The lowest BCUT2D eigenvalue weighted by molar-refractivity contribution is -0.0222. The maximum Gasteiger partial charge on any atom is 0.337 e. The van der Waals surface area contributed by atoms with Gasteiger partial charge < -0.3 is 10.0 Å². The number of carbonyl (C=O) groups is 1. The van der Waals surface area contributed by atoms with Crippen molar-refractivity contribution in [2.75, 3.05) is 18.0 Å². The molecule has 1 N–H and O–H groups in total. The van der Waals surface area contributed by atoms with E-state index < -0.39 is 17.7 Å². The first-order valence-electron chi connectivity index (χ1n) is 5.41. The van der Waals surface area contributed by atoms with Crippen LogP contribution in [0.25, 0.3) is 0 Å². The van der Waals surface area contributed by atoms with Gasteiger partial charge in [-0.1, -0.05) is 0 Å². The summed E-state index contributed by atoms with van der Waals surface area (Å²) in [5, 5.41) is 8.66. The summed E-state index contributed by atoms with van der Waals surface area (Å²) in [6, 6.07) is 0.845. The largest absolute Gasteiger partial charge is 0.478 e. The number of carboxylic acids is 1. The van der Waals surface area contributed by atoms with E-state index in [9.17, 15) is 18.0 Å². The summed E-state index contributed by atoms with van der Waals surface area (Å²) in [5.41, 5.74) is -0.265. The molecule has 1 saturated heterocycles. The van der Waals surface area contributed by atoms with Crippen LogP contribution in [0.1, 0.15) is 23.2 Å². The van der Waals surface area contributed by atoms with Crippen molar-refractivity contribution in [1.29, 1.82) is 0 Å². The van der Waals surface area contributed by atoms with Crippen LogP contribution in [-0.4, -0.2) is 35.1 Å². The second-order valence-electron chi connectivity index (χ2n) is 4.18. The highest BCUT2D eigenvalue weighted by Crippen LogP contribution is 2.30. The summed E-state index contributed by atoms with van der Waals surface area (Å²) in [6.45, 7) is 0.00662. The highest BCUT2D eigenvalue weighted by atomic mass is 19.3. The summed E-state index contributed by atoms with van der Waals surface area (Å²) in [7, 11) is 0. The summed E-state index contributed by atoms with van der Waals surface area (Å²) in [6.07, 6.45) is 0.317. The molecule has 1 aromatic heterocycles. The number of aromatic carboxylic acids is 1. The van der Waals surface area contributed by atoms with Gasteiger partial charge in [-0.3, -0.25) is 0 Å². The van der Waals surface area contributed by atoms with E-state index in [2.05, 4.69) is 4.98 Å². The average Bonchev–Trinajstić information content (AvgIpc) is 2.29. The van der Waals surface area contributed by atoms with E-state index in [4.69, 9.17) is 5.11 Å². The smallest absolute Gasteiger partial charge is 0.337 e. The SMILES string of the molecule is O=C(O)c1cnc(N2CCC(F)(F)CC2)c(F)c1. The summed E-state index contributed by atoms with van der Waals surface area (Å²) < 4.78 is 39.5. The maximum absolute atomic E-state index is 13.6. The van der Waals surface area contributed by atoms with Gasteiger partial charge in [0.1, 0.15) is 0 Å². The van der Waals surface area contributed by atoms with Crippen molar-refractivity contribution < 1.29 is 23.1 Å². The number of anilines is 1. The molecule has 1 fully saturated rings. The Hall–Kier alpha value is -1.79. The van der Waals surface area contributed by atoms with Crippen LogP contribution >= 0.6 is 0 Å². The third-order valence-electron chi connectivity index (χ3n) is 2.86. The van der Waals surface area contributed by atoms with Gasteiger partial charge in [-0.2, -0.15) is 0 Å². The Kier molecular flexibility index (Phi) is 3.14. The van der Waals surface area contributed by atoms with Crippen molar-refractivity contribution in [3.8, 4) is 0 Å². The van der Waals surface area contributed by atoms with E-state index in [1.807, 2.05) is 0 Å². The molecule has 0 aromatic carbocycles. The molecule has 0 bridgehead atoms. The fourth-order valence-electron chi connectivity index (χ4n) is 1.83. The molecule has 0 atom stereocenters. The van der Waals surface area contributed by atoms with Gasteiger partial charge in [0.25, 0.3) is 5.92 Å². The second-order valence-corrected chi connectivity index (χ2v) is 4.18. The van der Waals surface area contributed by atoms with Crippen LogP contribution < -0.4 is 4.90 Å². The molecule has 1 aromatic rings. The topological polar surface area (TPSA) is 53.4 Å². The average molecular weight is 260 g/mol. The summed E-state index contributed by atoms with van der Waals surface area (Å²) >= 11 is 0. The molecule has 4 nitrogen and oxygen atoms in total. The molecule has 0 unspecified atom stereocenters. The second kappa shape index (κ2) is 4.47. The van der Waals surface area contributed by atoms with Crippen LogP contribution in [0.5, 0.6) is 0 Å². The number of nitrogens with zero attached hydrogens (tertiary/aromatic N) is 2. The van der Waals surface area contributed by atoms with Crippen LogP contribution in [0, 0.1) is 5.82 Å². The fraction of sp³-hybridized carbons (Fsp3) is 0.455. The number of hydrogen-bond donors (Lipinski definition) is 1. The fourth-order valence-corrected chi connectivity index (χ4v) is 1.83. The number of piperidine rings is 1. The number of hydrogen-bond acceptors (Lipinski definition) is 3. The molecule has 98 valence electrons. The monoisotopic (exact) mass is 260 g/mol. The zero-order valence-electron chi connectivity index (χ0n) is 9.37. The molecule has 0 spiro atoms. The molecule has 0 aliphatic carbocycles. The van der Waals surface area contributed by atoms with Gasteiger partial charge in [0.15, 0.2) is 11.6 Å². The van der Waals surface area contributed by atoms with E-state index in [1.165, 1.54) is 4.90 Å². The first kappa shape index (κ1) is 12.7. The van der Waals surface area contributed by atoms with Gasteiger partial charge in [-0.25, -0.2) is 22.9 Å². The third-order valence-corrected chi connectivity index (χ3v) is 2.86. The lowest BCUT2D eigenvalue weighted by atomic mass is 10.1. The Morgan fingerprint density at radius 3 is 2.50 bits per heavy atom. The number of rotatable bonds is 2. The molecule has 0 saturated carbocycles. The number of pyridine rings is 1. The molecule has 18 heavy (non-hydrogen) atoms. The Bertz CT molecular complexity index is 469. The van der Waals surface area contributed by atoms with Crippen LogP contribution in [0.15, 0.2) is 12.3 Å². The van der Waals surface area contributed by atoms with Crippen LogP contribution in [-0.2, 0) is 0 Å². The first-order chi connectivity index (χ1) is 8.39. The molecule has 0 amide bonds. The Morgan fingerprint density at radius 2 is 2.00 bits per heavy atom. The predicted octanol–water partition coefficient (Wildman–Crippen LogP) is 2.15. The molecule has 2 rings (SSSR count). The normalized spacial score (nSPS) is 18.7. The highest BCUT2D eigenvalue weighted by Gasteiger charge is 2.35. The first-order valence-corrected chi connectivity index (χ1v) is 5.41. The minimum atomic E-state index is -2.71. The molecular weight excluding hydrogens is 249 g/mol. The van der Waals surface area contributed by atoms with E-state index >= 15 is 0 Å². The maximum atomic E-state index is 13.6. The molecule has 1 aliphatic rings. The lowest BCUT2D eigenvalue weighted by Gasteiger charge is -2.32. The van der Waals surface area contributed by atoms with Crippen molar-refractivity contribution in [2.24, 2.45) is 0 Å². The van der Waals surface area contributed by atoms with Gasteiger partial charge in [0, 0.05) is 32.1 Å². The summed E-state index contributed by atoms with van der Waals surface area (Å²) in [4.78, 5) is 15.7. The Labute approximate surface area is 101 Å². The van der Waals surface area contributed by atoms with Crippen molar-refractivity contribution >= 4 is 11.8 Å². The van der Waals surface area contributed by atoms with E-state index in [0.29, 0.717) is 0 Å². The van der Waals surface area contributed by atoms with Crippen LogP contribution in [0.3, 0.4) is 0 Å². The van der Waals surface area contributed by atoms with Crippen molar-refractivity contribution in [2.45, 2.75) is 18.8 Å². The van der Waals surface area contributed by atoms with Gasteiger partial charge >= 0.3 is 5.97 Å². The number of aromatic nitrogens is 1.